The van der Waals surface area contributed by atoms with Crippen LogP contribution in [0, 0.1) is 11.3 Å². The minimum atomic E-state index is -2.41. The van der Waals surface area contributed by atoms with Crippen LogP contribution in [0.4, 0.5) is 4.39 Å². The Morgan fingerprint density at radius 2 is 1.70 bits per heavy atom. The first-order valence-corrected chi connectivity index (χ1v) is 9.67. The lowest BCUT2D eigenvalue weighted by Gasteiger charge is -2.22. The van der Waals surface area contributed by atoms with Gasteiger partial charge in [-0.25, -0.2) is 4.39 Å². The predicted molar refractivity (Wildman–Crippen MR) is 99.6 cm³/mol. The fourth-order valence-electron chi connectivity index (χ4n) is 2.01. The molecular weight excluding hydrogens is 316 g/mol. The molecule has 0 saturated heterocycles. The highest BCUT2D eigenvalue weighted by Crippen LogP contribution is 2.27. The van der Waals surface area contributed by atoms with Gasteiger partial charge >= 0.3 is 8.60 Å². The van der Waals surface area contributed by atoms with Crippen molar-refractivity contribution >= 4 is 8.60 Å². The summed E-state index contributed by atoms with van der Waals surface area (Å²) in [5.74, 6) is 0.151. The summed E-state index contributed by atoms with van der Waals surface area (Å²) in [6.07, 6.45) is 3.34. The van der Waals surface area contributed by atoms with Crippen LogP contribution in [0.15, 0.2) is 11.9 Å². The van der Waals surface area contributed by atoms with E-state index in [4.69, 9.17) is 15.5 Å². The Morgan fingerprint density at radius 3 is 2.09 bits per heavy atom. The van der Waals surface area contributed by atoms with Crippen LogP contribution in [0.3, 0.4) is 0 Å². The summed E-state index contributed by atoms with van der Waals surface area (Å²) in [4.78, 5) is 17.1. The van der Waals surface area contributed by atoms with E-state index in [1.165, 1.54) is 0 Å². The molecule has 0 aliphatic rings. The van der Waals surface area contributed by atoms with Gasteiger partial charge in [0.15, 0.2) is 0 Å². The van der Waals surface area contributed by atoms with Crippen molar-refractivity contribution in [2.24, 2.45) is 17.1 Å². The van der Waals surface area contributed by atoms with Gasteiger partial charge < -0.3 is 20.0 Å². The zero-order valence-corrected chi connectivity index (χ0v) is 17.2. The van der Waals surface area contributed by atoms with Crippen molar-refractivity contribution < 1.29 is 18.7 Å². The summed E-state index contributed by atoms with van der Waals surface area (Å²) in [6, 6.07) is -0.557. The molecule has 0 fully saturated rings. The minimum Gasteiger partial charge on any atom is -0.328 e. The van der Waals surface area contributed by atoms with E-state index >= 15 is 0 Å². The van der Waals surface area contributed by atoms with Crippen LogP contribution in [0.1, 0.15) is 74.7 Å². The summed E-state index contributed by atoms with van der Waals surface area (Å²) < 4.78 is 18.1. The number of rotatable bonds is 8. The molecule has 0 bridgehead atoms. The van der Waals surface area contributed by atoms with Gasteiger partial charge in [0.05, 0.1) is 12.4 Å². The Kier molecular flexibility index (Phi) is 20.3. The molecule has 0 radical (unpaired) electrons. The Morgan fingerprint density at radius 1 is 1.22 bits per heavy atom. The number of halogens is 1. The number of allylic oxidation sites excluding steroid dienone is 1. The first kappa shape index (κ1) is 27.8. The Hall–Kier alpha value is -0.0600. The molecule has 2 unspecified atom stereocenters. The zero-order chi connectivity index (χ0) is 19.1. The molecule has 6 heteroatoms. The van der Waals surface area contributed by atoms with Crippen LogP contribution in [0.25, 0.3) is 0 Å². The van der Waals surface area contributed by atoms with Crippen molar-refractivity contribution in [3.05, 3.63) is 11.9 Å². The van der Waals surface area contributed by atoms with E-state index in [0.29, 0.717) is 12.3 Å². The maximum Gasteiger partial charge on any atom is 0.327 e. The van der Waals surface area contributed by atoms with Gasteiger partial charge in [0.1, 0.15) is 0 Å². The maximum atomic E-state index is 13.6. The Balaban J connectivity index is -0.000000919. The first-order chi connectivity index (χ1) is 10.6. The molecule has 4 nitrogen and oxygen atoms in total. The van der Waals surface area contributed by atoms with Crippen LogP contribution >= 0.6 is 8.60 Å². The summed E-state index contributed by atoms with van der Waals surface area (Å²) in [5, 5.41) is 0. The molecule has 4 N–H and O–H groups in total. The topological polar surface area (TPSA) is 75.7 Å². The second-order valence-corrected chi connectivity index (χ2v) is 7.03. The van der Waals surface area contributed by atoms with Gasteiger partial charge in [0.2, 0.25) is 0 Å². The number of hydrogen-bond donors (Lipinski definition) is 3. The van der Waals surface area contributed by atoms with Crippen molar-refractivity contribution in [3.63, 3.8) is 0 Å². The fraction of sp³-hybridized carbons (Fsp3) is 0.882. The highest BCUT2D eigenvalue weighted by molar-refractivity contribution is 7.39. The lowest BCUT2D eigenvalue weighted by molar-refractivity contribution is 0.234. The van der Waals surface area contributed by atoms with E-state index in [0.717, 1.165) is 6.42 Å². The molecule has 0 aromatic heterocycles. The molecule has 0 aromatic carbocycles. The van der Waals surface area contributed by atoms with Crippen molar-refractivity contribution in [1.82, 2.24) is 0 Å². The summed E-state index contributed by atoms with van der Waals surface area (Å²) in [7, 11) is -2.41. The van der Waals surface area contributed by atoms with E-state index in [-0.39, 0.29) is 24.3 Å². The average Bonchev–Trinajstić information content (AvgIpc) is 2.45. The van der Waals surface area contributed by atoms with Crippen molar-refractivity contribution in [3.8, 4) is 0 Å². The van der Waals surface area contributed by atoms with Gasteiger partial charge in [0.25, 0.3) is 0 Å². The van der Waals surface area contributed by atoms with Gasteiger partial charge in [0, 0.05) is 12.5 Å². The van der Waals surface area contributed by atoms with E-state index < -0.39 is 14.6 Å². The zero-order valence-electron chi connectivity index (χ0n) is 16.3. The van der Waals surface area contributed by atoms with Gasteiger partial charge in [-0.3, -0.25) is 0 Å². The molecule has 0 amide bonds. The molecule has 0 aliphatic carbocycles. The van der Waals surface area contributed by atoms with Crippen molar-refractivity contribution in [1.29, 1.82) is 0 Å². The van der Waals surface area contributed by atoms with Crippen LogP contribution in [-0.2, 0) is 4.52 Å². The van der Waals surface area contributed by atoms with Gasteiger partial charge in [-0.1, -0.05) is 61.5 Å². The molecule has 2 atom stereocenters. The highest BCUT2D eigenvalue weighted by Gasteiger charge is 2.15. The summed E-state index contributed by atoms with van der Waals surface area (Å²) in [5.41, 5.74) is 5.86. The minimum absolute atomic E-state index is 0.0580. The van der Waals surface area contributed by atoms with E-state index in [1.807, 2.05) is 27.7 Å². The Labute approximate surface area is 144 Å². The van der Waals surface area contributed by atoms with Crippen LogP contribution in [-0.4, -0.2) is 22.4 Å². The third-order valence-electron chi connectivity index (χ3n) is 2.56. The second-order valence-electron chi connectivity index (χ2n) is 6.27. The molecule has 0 saturated carbocycles. The summed E-state index contributed by atoms with van der Waals surface area (Å²) in [6.45, 7) is 16.5. The largest absolute Gasteiger partial charge is 0.328 e. The lowest BCUT2D eigenvalue weighted by atomic mass is 9.84. The normalized spacial score (nSPS) is 14.4. The quantitative estimate of drug-likeness (QED) is 0.516. The van der Waals surface area contributed by atoms with E-state index in [2.05, 4.69) is 32.2 Å². The lowest BCUT2D eigenvalue weighted by Crippen LogP contribution is -2.25. The third-order valence-corrected chi connectivity index (χ3v) is 2.94. The number of hydrogen-bond acceptors (Lipinski definition) is 4. The molecular formula is C17H39FNO3P. The van der Waals surface area contributed by atoms with Crippen molar-refractivity contribution in [2.45, 2.75) is 80.7 Å². The smallest absolute Gasteiger partial charge is 0.327 e. The summed E-state index contributed by atoms with van der Waals surface area (Å²) >= 11 is 0. The Bertz CT molecular complexity index is 282. The number of nitrogens with two attached hydrogens (primary N) is 1. The monoisotopic (exact) mass is 355 g/mol. The standard InChI is InChI=1S/C13H27FNO3P.2C2H6/c1-10(8-13(2,3)4)5-6-11(14)7-12(15)9-18-19(16)17;2*1-2/h6,10,12,16-17H,5,7-9,15H2,1-4H3;2*1-2H3/b11-6-;;. The fourth-order valence-corrected chi connectivity index (χ4v) is 2.34. The van der Waals surface area contributed by atoms with Crippen LogP contribution < -0.4 is 5.73 Å². The van der Waals surface area contributed by atoms with E-state index in [1.54, 1.807) is 6.08 Å². The van der Waals surface area contributed by atoms with Crippen LogP contribution in [0.2, 0.25) is 0 Å². The van der Waals surface area contributed by atoms with Gasteiger partial charge in [-0.2, -0.15) is 0 Å². The van der Waals surface area contributed by atoms with Crippen LogP contribution in [0.5, 0.6) is 0 Å². The SMILES string of the molecule is CC.CC.CC(C/C=C(\F)CC(N)COP(O)O)CC(C)(C)C. The van der Waals surface area contributed by atoms with Gasteiger partial charge in [-0.15, -0.1) is 0 Å². The molecule has 23 heavy (non-hydrogen) atoms. The average molecular weight is 355 g/mol. The molecule has 142 valence electrons. The third kappa shape index (κ3) is 24.3. The maximum absolute atomic E-state index is 13.6. The molecule has 0 rings (SSSR count). The van der Waals surface area contributed by atoms with Crippen molar-refractivity contribution in [2.75, 3.05) is 6.61 Å². The molecule has 0 heterocycles. The predicted octanol–water partition coefficient (Wildman–Crippen LogP) is 5.30. The second kappa shape index (κ2) is 16.8. The molecule has 0 spiro atoms. The highest BCUT2D eigenvalue weighted by atomic mass is 31.2. The first-order valence-electron chi connectivity index (χ1n) is 8.51. The van der Waals surface area contributed by atoms with E-state index in [9.17, 15) is 4.39 Å². The molecule has 0 aromatic rings. The van der Waals surface area contributed by atoms with Gasteiger partial charge in [-0.05, 0) is 24.2 Å². The molecule has 0 aliphatic heterocycles.